The Morgan fingerprint density at radius 1 is 1.28 bits per heavy atom. The quantitative estimate of drug-likeness (QED) is 0.901. The van der Waals surface area contributed by atoms with Crippen molar-refractivity contribution in [1.29, 1.82) is 0 Å². The second-order valence-corrected chi connectivity index (χ2v) is 6.57. The van der Waals surface area contributed by atoms with E-state index in [0.717, 1.165) is 6.04 Å². The Balaban J connectivity index is 1.74. The minimum Gasteiger partial charge on any atom is -0.310 e. The first-order chi connectivity index (χ1) is 8.72. The lowest BCUT2D eigenvalue weighted by Crippen LogP contribution is -2.36. The van der Waals surface area contributed by atoms with Gasteiger partial charge in [-0.3, -0.25) is 4.90 Å². The lowest BCUT2D eigenvalue weighted by atomic mass is 10.0. The van der Waals surface area contributed by atoms with Crippen molar-refractivity contribution in [2.75, 3.05) is 13.1 Å². The molecule has 0 amide bonds. The summed E-state index contributed by atoms with van der Waals surface area (Å²) in [6, 6.07) is 10.7. The van der Waals surface area contributed by atoms with E-state index in [-0.39, 0.29) is 0 Å². The van der Waals surface area contributed by atoms with E-state index in [1.54, 1.807) is 0 Å². The first-order valence-electron chi connectivity index (χ1n) is 6.98. The van der Waals surface area contributed by atoms with Crippen LogP contribution in [-0.2, 0) is 0 Å². The van der Waals surface area contributed by atoms with Crippen molar-refractivity contribution < 1.29 is 0 Å². The van der Waals surface area contributed by atoms with Crippen LogP contribution in [0.2, 0.25) is 0 Å². The summed E-state index contributed by atoms with van der Waals surface area (Å²) >= 11 is 3.57. The van der Waals surface area contributed by atoms with Crippen LogP contribution in [0.5, 0.6) is 0 Å². The lowest BCUT2D eigenvalue weighted by Gasteiger charge is -2.30. The highest BCUT2D eigenvalue weighted by Gasteiger charge is 2.31. The second kappa shape index (κ2) is 5.32. The van der Waals surface area contributed by atoms with Crippen LogP contribution in [0.15, 0.2) is 28.7 Å². The molecule has 2 bridgehead atoms. The van der Waals surface area contributed by atoms with Gasteiger partial charge in [-0.05, 0) is 43.9 Å². The molecule has 3 rings (SSSR count). The van der Waals surface area contributed by atoms with Crippen LogP contribution in [0, 0.1) is 0 Å². The van der Waals surface area contributed by atoms with E-state index in [1.807, 2.05) is 0 Å². The Kier molecular flexibility index (Phi) is 3.73. The molecule has 3 unspecified atom stereocenters. The van der Waals surface area contributed by atoms with Gasteiger partial charge in [0.25, 0.3) is 0 Å². The molecule has 0 spiro atoms. The zero-order valence-corrected chi connectivity index (χ0v) is 12.5. The Labute approximate surface area is 118 Å². The molecule has 3 heteroatoms. The van der Waals surface area contributed by atoms with Crippen molar-refractivity contribution >= 4 is 15.9 Å². The molecular weight excluding hydrogens is 288 g/mol. The van der Waals surface area contributed by atoms with E-state index in [2.05, 4.69) is 57.3 Å². The van der Waals surface area contributed by atoms with Crippen LogP contribution in [0.1, 0.15) is 37.8 Å². The number of halogens is 1. The molecule has 0 radical (unpaired) electrons. The molecule has 3 atom stereocenters. The first kappa shape index (κ1) is 12.6. The maximum Gasteiger partial charge on any atom is 0.0320 e. The summed E-state index contributed by atoms with van der Waals surface area (Å²) in [5.74, 6) is 0. The highest BCUT2D eigenvalue weighted by atomic mass is 79.9. The topological polar surface area (TPSA) is 15.3 Å². The minimum absolute atomic E-state index is 0.517. The molecule has 2 aliphatic rings. The van der Waals surface area contributed by atoms with Gasteiger partial charge in [-0.15, -0.1) is 0 Å². The van der Waals surface area contributed by atoms with Crippen molar-refractivity contribution in [2.24, 2.45) is 0 Å². The standard InChI is InChI=1S/C15H21BrN2/c1-11(12-3-2-4-13(16)9-12)18-8-7-14-5-6-15(10-18)17-14/h2-4,9,11,14-15,17H,5-8,10H2,1H3. The molecule has 2 nitrogen and oxygen atoms in total. The average Bonchev–Trinajstić information content (AvgIpc) is 2.68. The number of benzene rings is 1. The average molecular weight is 309 g/mol. The van der Waals surface area contributed by atoms with E-state index in [1.165, 1.54) is 42.4 Å². The Bertz CT molecular complexity index is 421. The molecule has 18 heavy (non-hydrogen) atoms. The van der Waals surface area contributed by atoms with Crippen LogP contribution in [-0.4, -0.2) is 30.1 Å². The molecule has 98 valence electrons. The number of nitrogens with one attached hydrogen (secondary N) is 1. The minimum atomic E-state index is 0.517. The predicted octanol–water partition coefficient (Wildman–Crippen LogP) is 3.34. The molecule has 0 saturated carbocycles. The lowest BCUT2D eigenvalue weighted by molar-refractivity contribution is 0.200. The van der Waals surface area contributed by atoms with Crippen molar-refractivity contribution in [3.63, 3.8) is 0 Å². The van der Waals surface area contributed by atoms with Gasteiger partial charge in [0.2, 0.25) is 0 Å². The highest BCUT2D eigenvalue weighted by Crippen LogP contribution is 2.28. The molecule has 1 aromatic carbocycles. The SMILES string of the molecule is CC(c1cccc(Br)c1)N1CCC2CCC(C1)N2. The highest BCUT2D eigenvalue weighted by molar-refractivity contribution is 9.10. The molecule has 2 aliphatic heterocycles. The molecular formula is C15H21BrN2. The van der Waals surface area contributed by atoms with Crippen LogP contribution in [0.4, 0.5) is 0 Å². The van der Waals surface area contributed by atoms with E-state index < -0.39 is 0 Å². The Hall–Kier alpha value is -0.380. The molecule has 0 aromatic heterocycles. The summed E-state index contributed by atoms with van der Waals surface area (Å²) in [6.07, 6.45) is 4.03. The zero-order valence-electron chi connectivity index (χ0n) is 10.9. The maximum atomic E-state index is 3.75. The number of likely N-dealkylation sites (tertiary alicyclic amines) is 1. The van der Waals surface area contributed by atoms with Crippen LogP contribution >= 0.6 is 15.9 Å². The summed E-state index contributed by atoms with van der Waals surface area (Å²) in [4.78, 5) is 2.64. The van der Waals surface area contributed by atoms with E-state index in [4.69, 9.17) is 0 Å². The molecule has 2 heterocycles. The van der Waals surface area contributed by atoms with Crippen molar-refractivity contribution in [3.05, 3.63) is 34.3 Å². The fourth-order valence-corrected chi connectivity index (χ4v) is 3.72. The van der Waals surface area contributed by atoms with Gasteiger partial charge in [0.1, 0.15) is 0 Å². The number of hydrogen-bond donors (Lipinski definition) is 1. The van der Waals surface area contributed by atoms with Crippen molar-refractivity contribution in [3.8, 4) is 0 Å². The van der Waals surface area contributed by atoms with Gasteiger partial charge in [-0.1, -0.05) is 28.1 Å². The largest absolute Gasteiger partial charge is 0.310 e. The number of hydrogen-bond acceptors (Lipinski definition) is 2. The second-order valence-electron chi connectivity index (χ2n) is 5.65. The number of rotatable bonds is 2. The van der Waals surface area contributed by atoms with Gasteiger partial charge in [-0.2, -0.15) is 0 Å². The molecule has 2 saturated heterocycles. The number of fused-ring (bicyclic) bond motifs is 2. The Morgan fingerprint density at radius 3 is 2.94 bits per heavy atom. The fourth-order valence-electron chi connectivity index (χ4n) is 3.30. The van der Waals surface area contributed by atoms with Gasteiger partial charge in [0, 0.05) is 35.7 Å². The fraction of sp³-hybridized carbons (Fsp3) is 0.600. The summed E-state index contributed by atoms with van der Waals surface area (Å²) in [5, 5.41) is 3.75. The van der Waals surface area contributed by atoms with Crippen LogP contribution in [0.3, 0.4) is 0 Å². The van der Waals surface area contributed by atoms with E-state index in [0.29, 0.717) is 12.1 Å². The smallest absolute Gasteiger partial charge is 0.0320 e. The maximum absolute atomic E-state index is 3.75. The third kappa shape index (κ3) is 2.63. The Morgan fingerprint density at radius 2 is 2.11 bits per heavy atom. The number of nitrogens with zero attached hydrogens (tertiary/aromatic N) is 1. The van der Waals surface area contributed by atoms with Crippen LogP contribution < -0.4 is 5.32 Å². The summed E-state index contributed by atoms with van der Waals surface area (Å²) in [7, 11) is 0. The van der Waals surface area contributed by atoms with E-state index >= 15 is 0 Å². The van der Waals surface area contributed by atoms with E-state index in [9.17, 15) is 0 Å². The zero-order chi connectivity index (χ0) is 12.5. The van der Waals surface area contributed by atoms with Gasteiger partial charge in [0.05, 0.1) is 0 Å². The van der Waals surface area contributed by atoms with Gasteiger partial charge in [0.15, 0.2) is 0 Å². The third-order valence-corrected chi connectivity index (χ3v) is 4.93. The first-order valence-corrected chi connectivity index (χ1v) is 7.77. The van der Waals surface area contributed by atoms with Gasteiger partial charge in [-0.25, -0.2) is 0 Å². The monoisotopic (exact) mass is 308 g/mol. The van der Waals surface area contributed by atoms with Gasteiger partial charge >= 0.3 is 0 Å². The molecule has 1 N–H and O–H groups in total. The summed E-state index contributed by atoms with van der Waals surface area (Å²) in [6.45, 7) is 4.76. The predicted molar refractivity (Wildman–Crippen MR) is 78.7 cm³/mol. The molecule has 0 aliphatic carbocycles. The molecule has 1 aromatic rings. The molecule has 2 fully saturated rings. The van der Waals surface area contributed by atoms with Crippen LogP contribution in [0.25, 0.3) is 0 Å². The normalized spacial score (nSPS) is 30.1. The van der Waals surface area contributed by atoms with Crippen molar-refractivity contribution in [2.45, 2.75) is 44.3 Å². The summed E-state index contributed by atoms with van der Waals surface area (Å²) < 4.78 is 1.18. The summed E-state index contributed by atoms with van der Waals surface area (Å²) in [5.41, 5.74) is 1.42. The van der Waals surface area contributed by atoms with Crippen molar-refractivity contribution in [1.82, 2.24) is 10.2 Å². The third-order valence-electron chi connectivity index (χ3n) is 4.43. The van der Waals surface area contributed by atoms with Gasteiger partial charge < -0.3 is 5.32 Å².